The predicted molar refractivity (Wildman–Crippen MR) is 67.6 cm³/mol. The first-order valence-electron chi connectivity index (χ1n) is 7.31. The van der Waals surface area contributed by atoms with Gasteiger partial charge in [0.15, 0.2) is 0 Å². The number of nitrogens with zero attached hydrogens (tertiary/aromatic N) is 1. The molecule has 3 fully saturated rings. The largest absolute Gasteiger partial charge is 0.481 e. The first-order valence-corrected chi connectivity index (χ1v) is 7.31. The number of hydrogen-bond acceptors (Lipinski definition) is 3. The summed E-state index contributed by atoms with van der Waals surface area (Å²) in [6, 6.07) is -0.0227. The van der Waals surface area contributed by atoms with E-state index < -0.39 is 5.97 Å². The van der Waals surface area contributed by atoms with Gasteiger partial charge in [-0.15, -0.1) is 0 Å². The highest BCUT2D eigenvalue weighted by Crippen LogP contribution is 2.36. The number of hydrogen-bond donors (Lipinski definition) is 1. The number of carbonyl (C=O) groups is 2. The number of carbonyl (C=O) groups excluding carboxylic acids is 1. The monoisotopic (exact) mass is 267 g/mol. The van der Waals surface area contributed by atoms with Gasteiger partial charge < -0.3 is 14.7 Å². The Hall–Kier alpha value is -1.10. The summed E-state index contributed by atoms with van der Waals surface area (Å²) < 4.78 is 5.71. The molecule has 0 spiro atoms. The molecule has 106 valence electrons. The molecular weight excluding hydrogens is 246 g/mol. The lowest BCUT2D eigenvalue weighted by atomic mass is 9.87. The van der Waals surface area contributed by atoms with Gasteiger partial charge in [-0.1, -0.05) is 0 Å². The SMILES string of the molecule is O=C(O)C1CCN(C(=O)C2CC2)C(C2CCCO2)C1. The van der Waals surface area contributed by atoms with Crippen LogP contribution in [0.15, 0.2) is 0 Å². The molecule has 19 heavy (non-hydrogen) atoms. The van der Waals surface area contributed by atoms with Gasteiger partial charge >= 0.3 is 5.97 Å². The fourth-order valence-corrected chi connectivity index (χ4v) is 3.32. The fraction of sp³-hybridized carbons (Fsp3) is 0.857. The second-order valence-corrected chi connectivity index (χ2v) is 5.98. The lowest BCUT2D eigenvalue weighted by molar-refractivity contribution is -0.151. The Morgan fingerprint density at radius 2 is 1.89 bits per heavy atom. The van der Waals surface area contributed by atoms with E-state index in [4.69, 9.17) is 4.74 Å². The van der Waals surface area contributed by atoms with Crippen LogP contribution < -0.4 is 0 Å². The summed E-state index contributed by atoms with van der Waals surface area (Å²) in [5.41, 5.74) is 0. The third kappa shape index (κ3) is 2.61. The van der Waals surface area contributed by atoms with Crippen LogP contribution >= 0.6 is 0 Å². The minimum Gasteiger partial charge on any atom is -0.481 e. The Morgan fingerprint density at radius 1 is 1.11 bits per heavy atom. The van der Waals surface area contributed by atoms with Crippen molar-refractivity contribution in [3.63, 3.8) is 0 Å². The van der Waals surface area contributed by atoms with Crippen molar-refractivity contribution in [2.75, 3.05) is 13.2 Å². The highest BCUT2D eigenvalue weighted by atomic mass is 16.5. The van der Waals surface area contributed by atoms with Gasteiger partial charge in [0.1, 0.15) is 0 Å². The van der Waals surface area contributed by atoms with E-state index in [2.05, 4.69) is 0 Å². The minimum absolute atomic E-state index is 0.0227. The summed E-state index contributed by atoms with van der Waals surface area (Å²) in [5, 5.41) is 9.20. The molecule has 3 atom stereocenters. The number of ether oxygens (including phenoxy) is 1. The van der Waals surface area contributed by atoms with Crippen molar-refractivity contribution < 1.29 is 19.4 Å². The van der Waals surface area contributed by atoms with E-state index in [9.17, 15) is 14.7 Å². The maximum absolute atomic E-state index is 12.3. The Morgan fingerprint density at radius 3 is 2.47 bits per heavy atom. The van der Waals surface area contributed by atoms with Crippen LogP contribution in [0, 0.1) is 11.8 Å². The first kappa shape index (κ1) is 12.9. The molecule has 1 saturated carbocycles. The van der Waals surface area contributed by atoms with Gasteiger partial charge in [0.05, 0.1) is 18.1 Å². The first-order chi connectivity index (χ1) is 9.16. The molecular formula is C14H21NO4. The van der Waals surface area contributed by atoms with Gasteiger partial charge in [-0.05, 0) is 38.5 Å². The molecule has 2 saturated heterocycles. The van der Waals surface area contributed by atoms with Crippen molar-refractivity contribution in [1.29, 1.82) is 0 Å². The lowest BCUT2D eigenvalue weighted by Gasteiger charge is -2.41. The topological polar surface area (TPSA) is 66.8 Å². The van der Waals surface area contributed by atoms with Crippen molar-refractivity contribution >= 4 is 11.9 Å². The molecule has 0 aromatic carbocycles. The van der Waals surface area contributed by atoms with Crippen LogP contribution in [0.4, 0.5) is 0 Å². The zero-order valence-corrected chi connectivity index (χ0v) is 11.1. The van der Waals surface area contributed by atoms with Crippen LogP contribution in [0.2, 0.25) is 0 Å². The van der Waals surface area contributed by atoms with E-state index in [-0.39, 0.29) is 29.9 Å². The quantitative estimate of drug-likeness (QED) is 0.836. The van der Waals surface area contributed by atoms with Gasteiger partial charge in [0.25, 0.3) is 0 Å². The Labute approximate surface area is 112 Å². The Bertz CT molecular complexity index is 374. The number of carboxylic acids is 1. The summed E-state index contributed by atoms with van der Waals surface area (Å²) in [5.74, 6) is -0.631. The Kier molecular flexibility index (Phi) is 3.48. The minimum atomic E-state index is -0.735. The number of piperidine rings is 1. The molecule has 5 heteroatoms. The number of carboxylic acid groups (broad SMARTS) is 1. The van der Waals surface area contributed by atoms with E-state index in [0.717, 1.165) is 32.3 Å². The number of rotatable bonds is 3. The molecule has 0 aromatic rings. The fourth-order valence-electron chi connectivity index (χ4n) is 3.32. The average molecular weight is 267 g/mol. The van der Waals surface area contributed by atoms with Crippen LogP contribution in [0.3, 0.4) is 0 Å². The third-order valence-corrected chi connectivity index (χ3v) is 4.60. The van der Waals surface area contributed by atoms with Crippen LogP contribution in [-0.2, 0) is 14.3 Å². The molecule has 1 aliphatic carbocycles. The van der Waals surface area contributed by atoms with Crippen molar-refractivity contribution in [3.8, 4) is 0 Å². The average Bonchev–Trinajstić information content (AvgIpc) is 3.12. The maximum Gasteiger partial charge on any atom is 0.306 e. The van der Waals surface area contributed by atoms with Crippen LogP contribution in [0.25, 0.3) is 0 Å². The zero-order chi connectivity index (χ0) is 13.4. The maximum atomic E-state index is 12.3. The van der Waals surface area contributed by atoms with Crippen LogP contribution in [-0.4, -0.2) is 47.2 Å². The molecule has 0 aromatic heterocycles. The molecule has 5 nitrogen and oxygen atoms in total. The van der Waals surface area contributed by atoms with Gasteiger partial charge in [0, 0.05) is 19.1 Å². The van der Waals surface area contributed by atoms with Gasteiger partial charge in [0.2, 0.25) is 5.91 Å². The highest BCUT2D eigenvalue weighted by Gasteiger charge is 2.44. The second kappa shape index (κ2) is 5.12. The van der Waals surface area contributed by atoms with Crippen molar-refractivity contribution in [2.45, 2.75) is 50.7 Å². The summed E-state index contributed by atoms with van der Waals surface area (Å²) in [6.07, 6.45) is 5.14. The molecule has 0 radical (unpaired) electrons. The van der Waals surface area contributed by atoms with E-state index in [1.807, 2.05) is 4.90 Å². The summed E-state index contributed by atoms with van der Waals surface area (Å²) in [4.78, 5) is 25.4. The van der Waals surface area contributed by atoms with Crippen molar-refractivity contribution in [3.05, 3.63) is 0 Å². The number of likely N-dealkylation sites (tertiary alicyclic amines) is 1. The van der Waals surface area contributed by atoms with Crippen molar-refractivity contribution in [1.82, 2.24) is 4.90 Å². The molecule has 3 aliphatic rings. The molecule has 1 N–H and O–H groups in total. The summed E-state index contributed by atoms with van der Waals surface area (Å²) in [7, 11) is 0. The number of aliphatic carboxylic acids is 1. The lowest BCUT2D eigenvalue weighted by Crippen LogP contribution is -2.53. The van der Waals surface area contributed by atoms with E-state index in [1.54, 1.807) is 0 Å². The molecule has 1 amide bonds. The van der Waals surface area contributed by atoms with Gasteiger partial charge in [-0.3, -0.25) is 9.59 Å². The van der Waals surface area contributed by atoms with Crippen molar-refractivity contribution in [2.24, 2.45) is 11.8 Å². The third-order valence-electron chi connectivity index (χ3n) is 4.60. The Balaban J connectivity index is 1.73. The zero-order valence-electron chi connectivity index (χ0n) is 11.1. The van der Waals surface area contributed by atoms with E-state index >= 15 is 0 Å². The van der Waals surface area contributed by atoms with Crippen LogP contribution in [0.5, 0.6) is 0 Å². The van der Waals surface area contributed by atoms with E-state index in [1.165, 1.54) is 0 Å². The second-order valence-electron chi connectivity index (χ2n) is 5.98. The highest BCUT2D eigenvalue weighted by molar-refractivity contribution is 5.82. The summed E-state index contributed by atoms with van der Waals surface area (Å²) >= 11 is 0. The molecule has 2 heterocycles. The smallest absolute Gasteiger partial charge is 0.306 e. The molecule has 2 aliphatic heterocycles. The number of amides is 1. The molecule has 0 bridgehead atoms. The molecule has 3 unspecified atom stereocenters. The van der Waals surface area contributed by atoms with Gasteiger partial charge in [-0.25, -0.2) is 0 Å². The normalized spacial score (nSPS) is 35.4. The summed E-state index contributed by atoms with van der Waals surface area (Å²) in [6.45, 7) is 1.32. The standard InChI is InChI=1S/C14H21NO4/c16-13(9-3-4-9)15-6-5-10(14(17)18)8-11(15)12-2-1-7-19-12/h9-12H,1-8H2,(H,17,18). The molecule has 3 rings (SSSR count). The van der Waals surface area contributed by atoms with E-state index in [0.29, 0.717) is 19.4 Å². The van der Waals surface area contributed by atoms with Gasteiger partial charge in [-0.2, -0.15) is 0 Å². The predicted octanol–water partition coefficient (Wildman–Crippen LogP) is 1.27. The van der Waals surface area contributed by atoms with Crippen LogP contribution in [0.1, 0.15) is 38.5 Å².